The lowest BCUT2D eigenvalue weighted by Crippen LogP contribution is -2.19. The number of carbonyl (C=O) groups excluding carboxylic acids is 1. The van der Waals surface area contributed by atoms with E-state index in [0.717, 1.165) is 11.1 Å². The number of nitrogens with zero attached hydrogens (tertiary/aromatic N) is 1. The summed E-state index contributed by atoms with van der Waals surface area (Å²) in [5, 5.41) is 4.05. The topological polar surface area (TPSA) is 85.9 Å². The van der Waals surface area contributed by atoms with Gasteiger partial charge in [-0.25, -0.2) is 5.43 Å². The zero-order valence-corrected chi connectivity index (χ0v) is 16.4. The van der Waals surface area contributed by atoms with Crippen LogP contribution in [-0.4, -0.2) is 19.2 Å². The third-order valence-electron chi connectivity index (χ3n) is 4.27. The van der Waals surface area contributed by atoms with E-state index in [1.807, 2.05) is 43.3 Å². The minimum absolute atomic E-state index is 0.367. The minimum atomic E-state index is -0.385. The number of nitrogen functional groups attached to an aromatic ring is 1. The summed E-state index contributed by atoms with van der Waals surface area (Å²) in [6.45, 7) is 2.42. The molecule has 0 unspecified atom stereocenters. The zero-order valence-electron chi connectivity index (χ0n) is 16.4. The molecule has 0 aliphatic heterocycles. The molecular weight excluding hydrogens is 366 g/mol. The molecule has 3 N–H and O–H groups in total. The van der Waals surface area contributed by atoms with Crippen LogP contribution >= 0.6 is 0 Å². The van der Waals surface area contributed by atoms with Gasteiger partial charge in [-0.05, 0) is 36.8 Å². The van der Waals surface area contributed by atoms with Crippen LogP contribution in [-0.2, 0) is 6.61 Å². The van der Waals surface area contributed by atoms with E-state index in [1.54, 1.807) is 31.4 Å². The maximum absolute atomic E-state index is 12.2. The molecule has 0 fully saturated rings. The Morgan fingerprint density at radius 2 is 1.90 bits per heavy atom. The minimum Gasteiger partial charge on any atom is -0.493 e. The fourth-order valence-corrected chi connectivity index (χ4v) is 2.83. The Morgan fingerprint density at radius 1 is 1.10 bits per heavy atom. The lowest BCUT2D eigenvalue weighted by atomic mass is 10.1. The first-order chi connectivity index (χ1) is 14.1. The summed E-state index contributed by atoms with van der Waals surface area (Å²) in [6.07, 6.45) is 1.52. The third-order valence-corrected chi connectivity index (χ3v) is 4.27. The number of hydrogen-bond acceptors (Lipinski definition) is 5. The third kappa shape index (κ3) is 5.13. The van der Waals surface area contributed by atoms with E-state index >= 15 is 0 Å². The predicted octanol–water partition coefficient (Wildman–Crippen LogP) is 3.93. The molecule has 0 radical (unpaired) electrons. The second-order valence-corrected chi connectivity index (χ2v) is 6.44. The highest BCUT2D eigenvalue weighted by Gasteiger charge is 2.11. The van der Waals surface area contributed by atoms with Gasteiger partial charge in [0.05, 0.1) is 18.9 Å². The molecule has 3 aromatic rings. The molecule has 0 heterocycles. The van der Waals surface area contributed by atoms with Crippen LogP contribution in [0.4, 0.5) is 5.69 Å². The molecule has 0 aliphatic rings. The second-order valence-electron chi connectivity index (χ2n) is 6.44. The van der Waals surface area contributed by atoms with Gasteiger partial charge in [0.1, 0.15) is 6.61 Å². The van der Waals surface area contributed by atoms with Crippen molar-refractivity contribution in [1.29, 1.82) is 0 Å². The number of rotatable bonds is 7. The average Bonchev–Trinajstić information content (AvgIpc) is 2.72. The van der Waals surface area contributed by atoms with Crippen molar-refractivity contribution in [3.8, 4) is 11.5 Å². The SMILES string of the molecule is COc1cccc(/C=N\NC(=O)c2ccccc2N)c1OCc1cccc(C)c1. The molecule has 29 heavy (non-hydrogen) atoms. The van der Waals surface area contributed by atoms with Crippen molar-refractivity contribution in [2.45, 2.75) is 13.5 Å². The van der Waals surface area contributed by atoms with Crippen LogP contribution in [0.1, 0.15) is 27.0 Å². The number of aryl methyl sites for hydroxylation is 1. The van der Waals surface area contributed by atoms with Gasteiger partial charge in [0.2, 0.25) is 0 Å². The fourth-order valence-electron chi connectivity index (χ4n) is 2.83. The largest absolute Gasteiger partial charge is 0.493 e. The molecule has 0 spiro atoms. The molecule has 0 saturated heterocycles. The molecule has 3 aromatic carbocycles. The molecule has 0 aliphatic carbocycles. The number of nitrogens with two attached hydrogens (primary N) is 1. The Morgan fingerprint density at radius 3 is 2.66 bits per heavy atom. The second kappa shape index (κ2) is 9.41. The average molecular weight is 389 g/mol. The van der Waals surface area contributed by atoms with E-state index in [-0.39, 0.29) is 5.91 Å². The number of carbonyl (C=O) groups is 1. The maximum atomic E-state index is 12.2. The number of anilines is 1. The Hall–Kier alpha value is -3.80. The molecule has 1 amide bonds. The summed E-state index contributed by atoms with van der Waals surface area (Å²) in [4.78, 5) is 12.2. The quantitative estimate of drug-likeness (QED) is 0.364. The van der Waals surface area contributed by atoms with Crippen LogP contribution in [0.5, 0.6) is 11.5 Å². The Labute approximate surface area is 170 Å². The number of amides is 1. The Bertz CT molecular complexity index is 1030. The van der Waals surface area contributed by atoms with Crippen LogP contribution in [0.2, 0.25) is 0 Å². The van der Waals surface area contributed by atoms with E-state index in [2.05, 4.69) is 16.6 Å². The monoisotopic (exact) mass is 389 g/mol. The molecular formula is C23H23N3O3. The molecule has 0 saturated carbocycles. The number of hydrogen-bond donors (Lipinski definition) is 2. The number of ether oxygens (including phenoxy) is 2. The number of nitrogens with one attached hydrogen (secondary N) is 1. The summed E-state index contributed by atoms with van der Waals surface area (Å²) in [5.74, 6) is 0.749. The van der Waals surface area contributed by atoms with Crippen molar-refractivity contribution in [3.63, 3.8) is 0 Å². The number of benzene rings is 3. The van der Waals surface area contributed by atoms with Crippen LogP contribution in [0.3, 0.4) is 0 Å². The molecule has 0 aromatic heterocycles. The number of hydrazone groups is 1. The molecule has 6 heteroatoms. The molecule has 6 nitrogen and oxygen atoms in total. The zero-order chi connectivity index (χ0) is 20.6. The van der Waals surface area contributed by atoms with Gasteiger partial charge in [-0.1, -0.05) is 48.0 Å². The van der Waals surface area contributed by atoms with E-state index in [0.29, 0.717) is 34.9 Å². The van der Waals surface area contributed by atoms with Crippen molar-refractivity contribution in [3.05, 3.63) is 89.0 Å². The van der Waals surface area contributed by atoms with Crippen molar-refractivity contribution in [2.24, 2.45) is 5.10 Å². The standard InChI is InChI=1S/C23H23N3O3/c1-16-7-5-8-17(13-16)15-29-22-18(9-6-12-21(22)28-2)14-25-26-23(27)19-10-3-4-11-20(19)24/h3-14H,15,24H2,1-2H3,(H,26,27)/b25-14-. The van der Waals surface area contributed by atoms with Gasteiger partial charge in [-0.3, -0.25) is 4.79 Å². The van der Waals surface area contributed by atoms with Crippen LogP contribution < -0.4 is 20.6 Å². The van der Waals surface area contributed by atoms with Gasteiger partial charge >= 0.3 is 0 Å². The summed E-state index contributed by atoms with van der Waals surface area (Å²) in [5.41, 5.74) is 12.0. The summed E-state index contributed by atoms with van der Waals surface area (Å²) < 4.78 is 11.4. The summed E-state index contributed by atoms with van der Waals surface area (Å²) in [7, 11) is 1.58. The summed E-state index contributed by atoms with van der Waals surface area (Å²) in [6, 6.07) is 20.4. The van der Waals surface area contributed by atoms with Gasteiger partial charge in [-0.15, -0.1) is 0 Å². The smallest absolute Gasteiger partial charge is 0.273 e. The van der Waals surface area contributed by atoms with Crippen molar-refractivity contribution in [2.75, 3.05) is 12.8 Å². The predicted molar refractivity (Wildman–Crippen MR) is 114 cm³/mol. The Balaban J connectivity index is 1.75. The molecule has 0 bridgehead atoms. The highest BCUT2D eigenvalue weighted by Crippen LogP contribution is 2.31. The van der Waals surface area contributed by atoms with Gasteiger partial charge < -0.3 is 15.2 Å². The van der Waals surface area contributed by atoms with Gasteiger partial charge in [0.15, 0.2) is 11.5 Å². The lowest BCUT2D eigenvalue weighted by Gasteiger charge is -2.13. The van der Waals surface area contributed by atoms with Crippen LogP contribution in [0, 0.1) is 6.92 Å². The first kappa shape index (κ1) is 19.9. The molecule has 148 valence electrons. The number of methoxy groups -OCH3 is 1. The van der Waals surface area contributed by atoms with E-state index in [4.69, 9.17) is 15.2 Å². The molecule has 0 atom stereocenters. The highest BCUT2D eigenvalue weighted by atomic mass is 16.5. The van der Waals surface area contributed by atoms with Crippen molar-refractivity contribution >= 4 is 17.8 Å². The van der Waals surface area contributed by atoms with Gasteiger partial charge in [0.25, 0.3) is 5.91 Å². The summed E-state index contributed by atoms with van der Waals surface area (Å²) >= 11 is 0. The van der Waals surface area contributed by atoms with Crippen molar-refractivity contribution < 1.29 is 14.3 Å². The normalized spacial score (nSPS) is 10.7. The maximum Gasteiger partial charge on any atom is 0.273 e. The van der Waals surface area contributed by atoms with Gasteiger partial charge in [0, 0.05) is 11.3 Å². The van der Waals surface area contributed by atoms with E-state index in [1.165, 1.54) is 6.21 Å². The fraction of sp³-hybridized carbons (Fsp3) is 0.130. The highest BCUT2D eigenvalue weighted by molar-refractivity contribution is 5.99. The van der Waals surface area contributed by atoms with Crippen LogP contribution in [0.15, 0.2) is 71.8 Å². The lowest BCUT2D eigenvalue weighted by molar-refractivity contribution is 0.0956. The first-order valence-electron chi connectivity index (χ1n) is 9.11. The molecule has 3 rings (SSSR count). The van der Waals surface area contributed by atoms with Crippen molar-refractivity contribution in [1.82, 2.24) is 5.43 Å². The first-order valence-corrected chi connectivity index (χ1v) is 9.11. The van der Waals surface area contributed by atoms with E-state index < -0.39 is 0 Å². The van der Waals surface area contributed by atoms with Gasteiger partial charge in [-0.2, -0.15) is 5.10 Å². The van der Waals surface area contributed by atoms with Crippen LogP contribution in [0.25, 0.3) is 0 Å². The Kier molecular flexibility index (Phi) is 6.47. The number of para-hydroxylation sites is 2. The van der Waals surface area contributed by atoms with E-state index in [9.17, 15) is 4.79 Å².